The number of rotatable bonds is 8. The first-order valence-electron chi connectivity index (χ1n) is 10.1. The second-order valence-corrected chi connectivity index (χ2v) is 7.28. The Bertz CT molecular complexity index is 1150. The lowest BCUT2D eigenvalue weighted by molar-refractivity contribution is 0.315. The van der Waals surface area contributed by atoms with Crippen LogP contribution in [0.5, 0.6) is 5.75 Å². The first-order chi connectivity index (χ1) is 14.6. The monoisotopic (exact) mass is 402 g/mol. The van der Waals surface area contributed by atoms with E-state index in [4.69, 9.17) is 10.5 Å². The number of fused-ring (bicyclic) bond motifs is 1. The Balaban J connectivity index is 1.36. The molecule has 0 saturated heterocycles. The SMILES string of the molecule is Cc1cccc(OCCCNc2cc(Cn3c(C)nc4ccccc43)nc(N)n2)c1. The molecule has 2 heterocycles. The van der Waals surface area contributed by atoms with Crippen molar-refractivity contribution < 1.29 is 4.74 Å². The van der Waals surface area contributed by atoms with E-state index in [2.05, 4.69) is 43.9 Å². The van der Waals surface area contributed by atoms with Crippen LogP contribution in [0, 0.1) is 13.8 Å². The number of nitrogen functional groups attached to an aromatic ring is 1. The number of nitrogens with one attached hydrogen (secondary N) is 1. The van der Waals surface area contributed by atoms with Crippen LogP contribution < -0.4 is 15.8 Å². The third kappa shape index (κ3) is 4.68. The van der Waals surface area contributed by atoms with E-state index in [1.807, 2.05) is 49.4 Å². The predicted octanol–water partition coefficient (Wildman–Crippen LogP) is 3.95. The summed E-state index contributed by atoms with van der Waals surface area (Å²) in [5, 5.41) is 3.32. The minimum absolute atomic E-state index is 0.257. The summed E-state index contributed by atoms with van der Waals surface area (Å²) < 4.78 is 7.92. The fourth-order valence-electron chi connectivity index (χ4n) is 3.43. The highest BCUT2D eigenvalue weighted by Crippen LogP contribution is 2.18. The maximum Gasteiger partial charge on any atom is 0.222 e. The minimum atomic E-state index is 0.257. The molecule has 0 aliphatic heterocycles. The van der Waals surface area contributed by atoms with Gasteiger partial charge in [-0.3, -0.25) is 0 Å². The summed E-state index contributed by atoms with van der Waals surface area (Å²) >= 11 is 0. The molecule has 154 valence electrons. The van der Waals surface area contributed by atoms with Gasteiger partial charge in [0.2, 0.25) is 5.95 Å². The number of imidazole rings is 1. The molecule has 0 bridgehead atoms. The second-order valence-electron chi connectivity index (χ2n) is 7.28. The van der Waals surface area contributed by atoms with Gasteiger partial charge in [-0.25, -0.2) is 9.97 Å². The van der Waals surface area contributed by atoms with Gasteiger partial charge in [0.05, 0.1) is 29.9 Å². The van der Waals surface area contributed by atoms with Gasteiger partial charge in [0.1, 0.15) is 17.4 Å². The standard InChI is InChI=1S/C23H26N6O/c1-16-7-5-8-19(13-16)30-12-6-11-25-22-14-18(27-23(24)28-22)15-29-17(2)26-20-9-3-4-10-21(20)29/h3-5,7-10,13-14H,6,11-12,15H2,1-2H3,(H3,24,25,27,28). The van der Waals surface area contributed by atoms with Crippen molar-refractivity contribution in [1.82, 2.24) is 19.5 Å². The largest absolute Gasteiger partial charge is 0.494 e. The Morgan fingerprint density at radius 1 is 1.00 bits per heavy atom. The summed E-state index contributed by atoms with van der Waals surface area (Å²) in [6.45, 7) is 6.00. The van der Waals surface area contributed by atoms with Crippen molar-refractivity contribution in [2.75, 3.05) is 24.2 Å². The van der Waals surface area contributed by atoms with E-state index in [-0.39, 0.29) is 5.95 Å². The highest BCUT2D eigenvalue weighted by atomic mass is 16.5. The quantitative estimate of drug-likeness (QED) is 0.434. The number of ether oxygens (including phenoxy) is 1. The van der Waals surface area contributed by atoms with E-state index in [1.54, 1.807) is 0 Å². The Kier molecular flexibility index (Phi) is 5.79. The lowest BCUT2D eigenvalue weighted by atomic mass is 10.2. The molecular formula is C23H26N6O. The molecule has 4 aromatic rings. The number of para-hydroxylation sites is 2. The highest BCUT2D eigenvalue weighted by molar-refractivity contribution is 5.75. The van der Waals surface area contributed by atoms with Crippen LogP contribution in [-0.4, -0.2) is 32.7 Å². The molecule has 0 radical (unpaired) electrons. The van der Waals surface area contributed by atoms with Crippen molar-refractivity contribution in [1.29, 1.82) is 0 Å². The zero-order valence-electron chi connectivity index (χ0n) is 17.3. The summed E-state index contributed by atoms with van der Waals surface area (Å²) in [6, 6.07) is 18.1. The number of hydrogen-bond donors (Lipinski definition) is 2. The maximum atomic E-state index is 5.95. The summed E-state index contributed by atoms with van der Waals surface area (Å²) in [6.07, 6.45) is 0.846. The van der Waals surface area contributed by atoms with Gasteiger partial charge >= 0.3 is 0 Å². The Morgan fingerprint density at radius 3 is 2.73 bits per heavy atom. The van der Waals surface area contributed by atoms with Crippen molar-refractivity contribution in [3.05, 3.63) is 71.7 Å². The van der Waals surface area contributed by atoms with Crippen LogP contribution in [0.25, 0.3) is 11.0 Å². The van der Waals surface area contributed by atoms with E-state index in [0.717, 1.165) is 47.1 Å². The van der Waals surface area contributed by atoms with Crippen LogP contribution >= 0.6 is 0 Å². The second kappa shape index (κ2) is 8.82. The fraction of sp³-hybridized carbons (Fsp3) is 0.261. The van der Waals surface area contributed by atoms with Gasteiger partial charge in [-0.2, -0.15) is 4.98 Å². The average molecular weight is 403 g/mol. The number of aryl methyl sites for hydroxylation is 2. The average Bonchev–Trinajstić information content (AvgIpc) is 3.03. The zero-order chi connectivity index (χ0) is 20.9. The molecule has 0 aliphatic carbocycles. The molecule has 3 N–H and O–H groups in total. The third-order valence-electron chi connectivity index (χ3n) is 4.85. The van der Waals surface area contributed by atoms with E-state index in [0.29, 0.717) is 13.2 Å². The normalized spacial score (nSPS) is 11.0. The van der Waals surface area contributed by atoms with Crippen LogP contribution in [0.3, 0.4) is 0 Å². The number of aromatic nitrogens is 4. The van der Waals surface area contributed by atoms with E-state index in [1.165, 1.54) is 5.56 Å². The Labute approximate surface area is 175 Å². The van der Waals surface area contributed by atoms with Crippen LogP contribution in [0.1, 0.15) is 23.5 Å². The lowest BCUT2D eigenvalue weighted by Crippen LogP contribution is -2.12. The Morgan fingerprint density at radius 2 is 1.87 bits per heavy atom. The van der Waals surface area contributed by atoms with E-state index < -0.39 is 0 Å². The van der Waals surface area contributed by atoms with Crippen LogP contribution in [0.2, 0.25) is 0 Å². The fourth-order valence-corrected chi connectivity index (χ4v) is 3.43. The summed E-state index contributed by atoms with van der Waals surface area (Å²) in [7, 11) is 0. The molecule has 0 unspecified atom stereocenters. The molecule has 7 nitrogen and oxygen atoms in total. The number of hydrogen-bond acceptors (Lipinski definition) is 6. The summed E-state index contributed by atoms with van der Waals surface area (Å²) in [4.78, 5) is 13.3. The van der Waals surface area contributed by atoms with Crippen LogP contribution in [-0.2, 0) is 6.54 Å². The van der Waals surface area contributed by atoms with Crippen molar-refractivity contribution in [2.45, 2.75) is 26.8 Å². The molecule has 2 aromatic heterocycles. The molecule has 0 fully saturated rings. The molecular weight excluding hydrogens is 376 g/mol. The van der Waals surface area contributed by atoms with Gasteiger partial charge in [0.25, 0.3) is 0 Å². The topological polar surface area (TPSA) is 90.9 Å². The Hall–Kier alpha value is -3.61. The zero-order valence-corrected chi connectivity index (χ0v) is 17.3. The van der Waals surface area contributed by atoms with Crippen LogP contribution in [0.15, 0.2) is 54.6 Å². The van der Waals surface area contributed by atoms with Gasteiger partial charge in [0, 0.05) is 12.6 Å². The predicted molar refractivity (Wildman–Crippen MR) is 120 cm³/mol. The molecule has 4 rings (SSSR count). The van der Waals surface area contributed by atoms with Gasteiger partial charge in [-0.1, -0.05) is 24.3 Å². The van der Waals surface area contributed by atoms with Crippen molar-refractivity contribution in [2.24, 2.45) is 0 Å². The molecule has 0 aliphatic rings. The van der Waals surface area contributed by atoms with Crippen LogP contribution in [0.4, 0.5) is 11.8 Å². The molecule has 30 heavy (non-hydrogen) atoms. The molecule has 7 heteroatoms. The number of anilines is 2. The van der Waals surface area contributed by atoms with Crippen molar-refractivity contribution >= 4 is 22.8 Å². The third-order valence-corrected chi connectivity index (χ3v) is 4.85. The van der Waals surface area contributed by atoms with E-state index >= 15 is 0 Å². The molecule has 0 amide bonds. The first kappa shape index (κ1) is 19.7. The van der Waals surface area contributed by atoms with Crippen molar-refractivity contribution in [3.8, 4) is 5.75 Å². The summed E-state index contributed by atoms with van der Waals surface area (Å²) in [5.74, 6) is 2.81. The van der Waals surface area contributed by atoms with Gasteiger partial charge in [-0.05, 0) is 50.1 Å². The number of benzene rings is 2. The number of nitrogens with two attached hydrogens (primary N) is 1. The smallest absolute Gasteiger partial charge is 0.222 e. The lowest BCUT2D eigenvalue weighted by Gasteiger charge is -2.11. The van der Waals surface area contributed by atoms with Gasteiger partial charge < -0.3 is 20.4 Å². The van der Waals surface area contributed by atoms with Gasteiger partial charge in [0.15, 0.2) is 0 Å². The molecule has 0 spiro atoms. The maximum absolute atomic E-state index is 5.95. The number of nitrogens with zero attached hydrogens (tertiary/aromatic N) is 4. The first-order valence-corrected chi connectivity index (χ1v) is 10.1. The minimum Gasteiger partial charge on any atom is -0.494 e. The molecule has 0 saturated carbocycles. The molecule has 0 atom stereocenters. The summed E-state index contributed by atoms with van der Waals surface area (Å²) in [5.41, 5.74) is 10.0. The van der Waals surface area contributed by atoms with Crippen molar-refractivity contribution in [3.63, 3.8) is 0 Å². The highest BCUT2D eigenvalue weighted by Gasteiger charge is 2.10. The van der Waals surface area contributed by atoms with Gasteiger partial charge in [-0.15, -0.1) is 0 Å². The van der Waals surface area contributed by atoms with E-state index in [9.17, 15) is 0 Å². The molecule has 2 aromatic carbocycles.